The highest BCUT2D eigenvalue weighted by atomic mass is 16.5. The summed E-state index contributed by atoms with van der Waals surface area (Å²) in [4.78, 5) is 12.5. The zero-order chi connectivity index (χ0) is 24.7. The molecule has 3 nitrogen and oxygen atoms in total. The molecule has 3 heteroatoms. The fourth-order valence-electron chi connectivity index (χ4n) is 3.90. The van der Waals surface area contributed by atoms with E-state index in [0.29, 0.717) is 0 Å². The maximum absolute atomic E-state index is 12.5. The summed E-state index contributed by atoms with van der Waals surface area (Å²) < 4.78 is 5.47. The highest BCUT2D eigenvalue weighted by molar-refractivity contribution is 5.86. The molecule has 1 atom stereocenters. The fraction of sp³-hybridized carbons (Fsp3) is 0.219. The van der Waals surface area contributed by atoms with Crippen LogP contribution in [0.3, 0.4) is 0 Å². The van der Waals surface area contributed by atoms with Crippen LogP contribution in [0.2, 0.25) is 0 Å². The Kier molecular flexibility index (Phi) is 7.65. The topological polar surface area (TPSA) is 38.3 Å². The van der Waals surface area contributed by atoms with Crippen LogP contribution in [0, 0.1) is 17.3 Å². The third-order valence-electron chi connectivity index (χ3n) is 6.10. The van der Waals surface area contributed by atoms with Crippen molar-refractivity contribution < 1.29 is 9.53 Å². The molecule has 0 radical (unpaired) electrons. The molecule has 0 bridgehead atoms. The molecule has 0 heterocycles. The van der Waals surface area contributed by atoms with Crippen LogP contribution in [-0.4, -0.2) is 5.97 Å². The lowest BCUT2D eigenvalue weighted by molar-refractivity contribution is -0.152. The quantitative estimate of drug-likeness (QED) is 0.243. The molecule has 4 rings (SSSR count). The van der Waals surface area contributed by atoms with Crippen molar-refractivity contribution in [3.8, 4) is 11.8 Å². The maximum Gasteiger partial charge on any atom is 0.324 e. The first-order valence-corrected chi connectivity index (χ1v) is 12.0. The van der Waals surface area contributed by atoms with Gasteiger partial charge >= 0.3 is 5.97 Å². The number of hydrogen-bond acceptors (Lipinski definition) is 3. The van der Waals surface area contributed by atoms with Crippen molar-refractivity contribution in [3.63, 3.8) is 0 Å². The van der Waals surface area contributed by atoms with Crippen LogP contribution < -0.4 is 5.32 Å². The maximum atomic E-state index is 12.5. The van der Waals surface area contributed by atoms with E-state index in [2.05, 4.69) is 78.7 Å². The van der Waals surface area contributed by atoms with Crippen molar-refractivity contribution in [2.45, 2.75) is 40.0 Å². The molecule has 0 aromatic heterocycles. The smallest absolute Gasteiger partial charge is 0.324 e. The Morgan fingerprint density at radius 2 is 1.54 bits per heavy atom. The number of ether oxygens (including phenoxy) is 1. The average molecular weight is 462 g/mol. The van der Waals surface area contributed by atoms with Gasteiger partial charge in [0.2, 0.25) is 0 Å². The van der Waals surface area contributed by atoms with Crippen LogP contribution in [-0.2, 0) is 22.7 Å². The first-order valence-electron chi connectivity index (χ1n) is 12.0. The number of carbonyl (C=O) groups is 1. The molecule has 0 aliphatic heterocycles. The van der Waals surface area contributed by atoms with Crippen LogP contribution in [0.5, 0.6) is 0 Å². The molecule has 4 aromatic carbocycles. The van der Waals surface area contributed by atoms with E-state index in [0.717, 1.165) is 17.7 Å². The zero-order valence-corrected chi connectivity index (χ0v) is 20.5. The van der Waals surface area contributed by atoms with Crippen LogP contribution in [0.15, 0.2) is 97.1 Å². The van der Waals surface area contributed by atoms with Crippen LogP contribution >= 0.6 is 0 Å². The molecule has 0 saturated carbocycles. The summed E-state index contributed by atoms with van der Waals surface area (Å²) in [5.41, 5.74) is 3.43. The Morgan fingerprint density at radius 3 is 2.31 bits per heavy atom. The summed E-state index contributed by atoms with van der Waals surface area (Å²) >= 11 is 0. The van der Waals surface area contributed by atoms with Gasteiger partial charge in [-0.1, -0.05) is 96.8 Å². The van der Waals surface area contributed by atoms with E-state index in [1.807, 2.05) is 42.5 Å². The van der Waals surface area contributed by atoms with E-state index in [1.165, 1.54) is 21.9 Å². The number of esters is 1. The van der Waals surface area contributed by atoms with E-state index < -0.39 is 5.41 Å². The van der Waals surface area contributed by atoms with Crippen molar-refractivity contribution in [1.82, 2.24) is 5.32 Å². The van der Waals surface area contributed by atoms with Gasteiger partial charge in [-0.25, -0.2) is 0 Å². The molecule has 0 spiro atoms. The predicted octanol–water partition coefficient (Wildman–Crippen LogP) is 6.81. The molecular weight excluding hydrogens is 430 g/mol. The Labute approximate surface area is 208 Å². The minimum Gasteiger partial charge on any atom is -0.460 e. The van der Waals surface area contributed by atoms with Gasteiger partial charge in [0, 0.05) is 18.2 Å². The van der Waals surface area contributed by atoms with Gasteiger partial charge in [0.1, 0.15) is 12.0 Å². The molecule has 176 valence electrons. The molecule has 0 saturated heterocycles. The molecule has 0 unspecified atom stereocenters. The minimum absolute atomic E-state index is 0.225. The molecular formula is C32H31NO2. The SMILES string of the molecule is C[C@@H](NCc1ccc(C#CC(C)(C)C(=O)OCc2ccccc2)cc1)c1cccc2ccccc12. The van der Waals surface area contributed by atoms with Gasteiger partial charge in [0.25, 0.3) is 0 Å². The first-order chi connectivity index (χ1) is 16.9. The number of fused-ring (bicyclic) bond motifs is 1. The van der Waals surface area contributed by atoms with Gasteiger partial charge in [-0.2, -0.15) is 0 Å². The number of benzene rings is 4. The largest absolute Gasteiger partial charge is 0.460 e. The molecule has 0 fully saturated rings. The molecule has 0 amide bonds. The van der Waals surface area contributed by atoms with Crippen molar-refractivity contribution in [2.75, 3.05) is 0 Å². The predicted molar refractivity (Wildman–Crippen MR) is 143 cm³/mol. The van der Waals surface area contributed by atoms with Crippen LogP contribution in [0.25, 0.3) is 10.8 Å². The van der Waals surface area contributed by atoms with Crippen LogP contribution in [0.4, 0.5) is 0 Å². The Hall–Kier alpha value is -3.87. The van der Waals surface area contributed by atoms with E-state index in [-0.39, 0.29) is 18.6 Å². The lowest BCUT2D eigenvalue weighted by Crippen LogP contribution is -2.24. The summed E-state index contributed by atoms with van der Waals surface area (Å²) in [6, 6.07) is 33.0. The third-order valence-corrected chi connectivity index (χ3v) is 6.10. The van der Waals surface area contributed by atoms with Gasteiger partial charge in [-0.05, 0) is 60.4 Å². The normalized spacial score (nSPS) is 12.0. The van der Waals surface area contributed by atoms with Gasteiger partial charge < -0.3 is 10.1 Å². The highest BCUT2D eigenvalue weighted by Crippen LogP contribution is 2.24. The number of rotatable bonds is 7. The third kappa shape index (κ3) is 6.38. The second kappa shape index (κ2) is 11.0. The lowest BCUT2D eigenvalue weighted by Gasteiger charge is -2.17. The molecule has 35 heavy (non-hydrogen) atoms. The Morgan fingerprint density at radius 1 is 0.857 bits per heavy atom. The van der Waals surface area contributed by atoms with Crippen LogP contribution in [0.1, 0.15) is 49.1 Å². The molecule has 1 N–H and O–H groups in total. The fourth-order valence-corrected chi connectivity index (χ4v) is 3.90. The van der Waals surface area contributed by atoms with Gasteiger partial charge in [0.15, 0.2) is 0 Å². The summed E-state index contributed by atoms with van der Waals surface area (Å²) in [5.74, 6) is 5.89. The standard InChI is InChI=1S/C32H31NO2/c1-24(29-15-9-13-28-12-7-8-14-30(28)29)33-22-26-18-16-25(17-19-26)20-21-32(2,3)31(34)35-23-27-10-5-4-6-11-27/h4-19,24,33H,22-23H2,1-3H3/t24-/m1/s1. The zero-order valence-electron chi connectivity index (χ0n) is 20.5. The molecule has 0 aliphatic rings. The van der Waals surface area contributed by atoms with E-state index in [1.54, 1.807) is 13.8 Å². The number of carbonyl (C=O) groups excluding carboxylic acids is 1. The average Bonchev–Trinajstić information content (AvgIpc) is 2.90. The second-order valence-corrected chi connectivity index (χ2v) is 9.30. The summed E-state index contributed by atoms with van der Waals surface area (Å²) in [6.45, 7) is 6.79. The summed E-state index contributed by atoms with van der Waals surface area (Å²) in [7, 11) is 0. The van der Waals surface area contributed by atoms with E-state index in [4.69, 9.17) is 4.74 Å². The summed E-state index contributed by atoms with van der Waals surface area (Å²) in [6.07, 6.45) is 0. The van der Waals surface area contributed by atoms with Crippen molar-refractivity contribution in [1.29, 1.82) is 0 Å². The monoisotopic (exact) mass is 461 g/mol. The van der Waals surface area contributed by atoms with Crippen molar-refractivity contribution in [3.05, 3.63) is 119 Å². The van der Waals surface area contributed by atoms with Crippen molar-refractivity contribution >= 4 is 16.7 Å². The van der Waals surface area contributed by atoms with Gasteiger partial charge in [-0.15, -0.1) is 0 Å². The first kappa shape index (κ1) is 24.3. The minimum atomic E-state index is -0.886. The number of hydrogen-bond donors (Lipinski definition) is 1. The number of nitrogens with one attached hydrogen (secondary N) is 1. The Bertz CT molecular complexity index is 1340. The molecule has 0 aliphatic carbocycles. The van der Waals surface area contributed by atoms with Crippen molar-refractivity contribution in [2.24, 2.45) is 5.41 Å². The van der Waals surface area contributed by atoms with E-state index in [9.17, 15) is 4.79 Å². The van der Waals surface area contributed by atoms with E-state index >= 15 is 0 Å². The molecule has 4 aromatic rings. The van der Waals surface area contributed by atoms with Gasteiger partial charge in [0.05, 0.1) is 0 Å². The Balaban J connectivity index is 1.34. The highest BCUT2D eigenvalue weighted by Gasteiger charge is 2.27. The second-order valence-electron chi connectivity index (χ2n) is 9.30. The summed E-state index contributed by atoms with van der Waals surface area (Å²) in [5, 5.41) is 6.17. The lowest BCUT2D eigenvalue weighted by atomic mass is 9.94. The van der Waals surface area contributed by atoms with Gasteiger partial charge in [-0.3, -0.25) is 4.79 Å².